The number of hydrogen-bond acceptors (Lipinski definition) is 4. The van der Waals surface area contributed by atoms with E-state index >= 15 is 0 Å². The van der Waals surface area contributed by atoms with E-state index in [2.05, 4.69) is 4.98 Å². The Bertz CT molecular complexity index is 1060. The van der Waals surface area contributed by atoms with Crippen LogP contribution < -0.4 is 0 Å². The fourth-order valence-electron chi connectivity index (χ4n) is 3.61. The van der Waals surface area contributed by atoms with E-state index < -0.39 is 24.6 Å². The molecule has 0 radical (unpaired) electrons. The maximum absolute atomic E-state index is 13.5. The number of fused-ring (bicyclic) bond motifs is 1. The second kappa shape index (κ2) is 9.19. The van der Waals surface area contributed by atoms with Crippen molar-refractivity contribution in [1.82, 2.24) is 9.55 Å². The molecule has 0 amide bonds. The predicted molar refractivity (Wildman–Crippen MR) is 113 cm³/mol. The van der Waals surface area contributed by atoms with Crippen LogP contribution in [0.25, 0.3) is 28.2 Å². The van der Waals surface area contributed by atoms with Crippen molar-refractivity contribution < 1.29 is 24.5 Å². The Kier molecular flexibility index (Phi) is 6.64. The van der Waals surface area contributed by atoms with Crippen LogP contribution in [0.5, 0.6) is 0 Å². The number of carboxylic acid groups (broad SMARTS) is 1. The van der Waals surface area contributed by atoms with Crippen LogP contribution in [0.1, 0.15) is 38.4 Å². The van der Waals surface area contributed by atoms with Gasteiger partial charge in [0.25, 0.3) is 0 Å². The van der Waals surface area contributed by atoms with Crippen molar-refractivity contribution >= 4 is 23.1 Å². The predicted octanol–water partition coefficient (Wildman–Crippen LogP) is 4.02. The van der Waals surface area contributed by atoms with Crippen LogP contribution in [0.15, 0.2) is 48.7 Å². The fraction of sp³-hybridized carbons (Fsp3) is 0.304. The van der Waals surface area contributed by atoms with Crippen LogP contribution in [-0.2, 0) is 4.79 Å². The summed E-state index contributed by atoms with van der Waals surface area (Å²) >= 11 is 0. The van der Waals surface area contributed by atoms with Crippen molar-refractivity contribution in [1.29, 1.82) is 0 Å². The Labute approximate surface area is 173 Å². The van der Waals surface area contributed by atoms with E-state index in [1.165, 1.54) is 18.2 Å². The molecule has 0 bridgehead atoms. The molecule has 0 aliphatic carbocycles. The van der Waals surface area contributed by atoms with Gasteiger partial charge in [-0.25, -0.2) is 9.37 Å². The molecule has 30 heavy (non-hydrogen) atoms. The Morgan fingerprint density at radius 3 is 2.53 bits per heavy atom. The molecule has 0 spiro atoms. The highest BCUT2D eigenvalue weighted by Crippen LogP contribution is 2.37. The molecule has 0 saturated heterocycles. The first kappa shape index (κ1) is 21.7. The molecule has 6 nitrogen and oxygen atoms in total. The molecule has 3 aromatic rings. The lowest BCUT2D eigenvalue weighted by Gasteiger charge is -2.14. The highest BCUT2D eigenvalue weighted by atomic mass is 19.1. The van der Waals surface area contributed by atoms with E-state index in [0.29, 0.717) is 0 Å². The van der Waals surface area contributed by atoms with Gasteiger partial charge in [0.05, 0.1) is 24.3 Å². The summed E-state index contributed by atoms with van der Waals surface area (Å²) in [4.78, 5) is 15.2. The topological polar surface area (TPSA) is 95.6 Å². The molecule has 0 aliphatic rings. The van der Waals surface area contributed by atoms with E-state index in [9.17, 15) is 19.4 Å². The van der Waals surface area contributed by atoms with Crippen LogP contribution in [0.3, 0.4) is 0 Å². The lowest BCUT2D eigenvalue weighted by atomic mass is 10.0. The SMILES string of the molecule is CC(C)n1c(/C=C/C(O)CC(O)CC(=O)O)c(-c2ccc(F)cc2)c2cccnc21. The number of aliphatic hydroxyl groups is 2. The third-order valence-electron chi connectivity index (χ3n) is 4.85. The van der Waals surface area contributed by atoms with Crippen LogP contribution in [0.4, 0.5) is 4.39 Å². The molecule has 0 fully saturated rings. The molecule has 1 aromatic carbocycles. The van der Waals surface area contributed by atoms with Gasteiger partial charge in [-0.05, 0) is 49.8 Å². The van der Waals surface area contributed by atoms with Crippen LogP contribution in [0, 0.1) is 5.82 Å². The minimum absolute atomic E-state index is 0.0611. The van der Waals surface area contributed by atoms with Crippen molar-refractivity contribution in [2.75, 3.05) is 0 Å². The third kappa shape index (κ3) is 4.75. The van der Waals surface area contributed by atoms with E-state index in [1.54, 1.807) is 24.4 Å². The Morgan fingerprint density at radius 1 is 1.20 bits per heavy atom. The Hall–Kier alpha value is -3.03. The number of pyridine rings is 1. The molecule has 2 atom stereocenters. The van der Waals surface area contributed by atoms with E-state index in [0.717, 1.165) is 27.9 Å². The van der Waals surface area contributed by atoms with Crippen molar-refractivity contribution in [3.63, 3.8) is 0 Å². The third-order valence-corrected chi connectivity index (χ3v) is 4.85. The second-order valence-electron chi connectivity index (χ2n) is 7.52. The summed E-state index contributed by atoms with van der Waals surface area (Å²) in [5, 5.41) is 29.7. The van der Waals surface area contributed by atoms with Gasteiger partial charge in [-0.15, -0.1) is 0 Å². The van der Waals surface area contributed by atoms with Crippen molar-refractivity contribution in [2.45, 2.75) is 44.9 Å². The van der Waals surface area contributed by atoms with Crippen molar-refractivity contribution in [3.8, 4) is 11.1 Å². The largest absolute Gasteiger partial charge is 0.481 e. The number of aromatic nitrogens is 2. The first-order chi connectivity index (χ1) is 14.3. The first-order valence-electron chi connectivity index (χ1n) is 9.79. The Morgan fingerprint density at radius 2 is 1.90 bits per heavy atom. The van der Waals surface area contributed by atoms with E-state index in [4.69, 9.17) is 5.11 Å². The molecule has 3 rings (SSSR count). The van der Waals surface area contributed by atoms with Crippen molar-refractivity contribution in [3.05, 3.63) is 60.2 Å². The number of carboxylic acids is 1. The van der Waals surface area contributed by atoms with Crippen LogP contribution in [-0.4, -0.2) is 43.0 Å². The molecule has 0 saturated carbocycles. The smallest absolute Gasteiger partial charge is 0.305 e. The average Bonchev–Trinajstić information content (AvgIpc) is 3.00. The van der Waals surface area contributed by atoms with Crippen LogP contribution in [0.2, 0.25) is 0 Å². The van der Waals surface area contributed by atoms with Gasteiger partial charge >= 0.3 is 5.97 Å². The molecule has 2 aromatic heterocycles. The number of rotatable bonds is 8. The number of aliphatic hydroxyl groups excluding tert-OH is 2. The maximum Gasteiger partial charge on any atom is 0.305 e. The first-order valence-corrected chi connectivity index (χ1v) is 9.79. The molecule has 2 heterocycles. The number of hydrogen-bond donors (Lipinski definition) is 3. The summed E-state index contributed by atoms with van der Waals surface area (Å²) in [6.45, 7) is 4.04. The van der Waals surface area contributed by atoms with Gasteiger partial charge in [-0.3, -0.25) is 4.79 Å². The molecule has 3 N–H and O–H groups in total. The number of carbonyl (C=O) groups is 1. The molecular weight excluding hydrogens is 387 g/mol. The van der Waals surface area contributed by atoms with E-state index in [1.807, 2.05) is 30.5 Å². The fourth-order valence-corrected chi connectivity index (χ4v) is 3.61. The number of nitrogens with zero attached hydrogens (tertiary/aromatic N) is 2. The monoisotopic (exact) mass is 412 g/mol. The van der Waals surface area contributed by atoms with Gasteiger partial charge in [0, 0.05) is 29.6 Å². The lowest BCUT2D eigenvalue weighted by molar-refractivity contribution is -0.139. The van der Waals surface area contributed by atoms with Gasteiger partial charge in [-0.1, -0.05) is 18.2 Å². The molecule has 0 aliphatic heterocycles. The lowest BCUT2D eigenvalue weighted by Crippen LogP contribution is -2.19. The van der Waals surface area contributed by atoms with Gasteiger partial charge in [0.15, 0.2) is 0 Å². The highest BCUT2D eigenvalue weighted by Gasteiger charge is 2.20. The normalized spacial score (nSPS) is 13.9. The minimum atomic E-state index is -1.14. The second-order valence-corrected chi connectivity index (χ2v) is 7.52. The zero-order valence-corrected chi connectivity index (χ0v) is 16.9. The van der Waals surface area contributed by atoms with Gasteiger partial charge < -0.3 is 19.9 Å². The summed E-state index contributed by atoms with van der Waals surface area (Å²) in [7, 11) is 0. The quantitative estimate of drug-likeness (QED) is 0.519. The summed E-state index contributed by atoms with van der Waals surface area (Å²) in [6, 6.07) is 10.0. The Balaban J connectivity index is 2.08. The van der Waals surface area contributed by atoms with Crippen molar-refractivity contribution in [2.24, 2.45) is 0 Å². The number of halogens is 1. The minimum Gasteiger partial charge on any atom is -0.481 e. The van der Waals surface area contributed by atoms with E-state index in [-0.39, 0.29) is 18.3 Å². The summed E-state index contributed by atoms with van der Waals surface area (Å²) in [6.07, 6.45) is 2.31. The zero-order valence-electron chi connectivity index (χ0n) is 16.9. The van der Waals surface area contributed by atoms with Gasteiger partial charge in [-0.2, -0.15) is 0 Å². The maximum atomic E-state index is 13.5. The average molecular weight is 412 g/mol. The summed E-state index contributed by atoms with van der Waals surface area (Å²) in [5.41, 5.74) is 3.24. The van der Waals surface area contributed by atoms with Crippen LogP contribution >= 0.6 is 0 Å². The number of aliphatic carboxylic acids is 1. The standard InChI is InChI=1S/C23H25FN2O4/c1-14(2)26-20(10-9-17(27)12-18(28)13-21(29)30)22(15-5-7-16(24)8-6-15)19-4-3-11-25-23(19)26/h3-11,14,17-18,27-28H,12-13H2,1-2H3,(H,29,30)/b10-9+. The highest BCUT2D eigenvalue weighted by molar-refractivity contribution is 5.99. The summed E-state index contributed by atoms with van der Waals surface area (Å²) < 4.78 is 15.5. The van der Waals surface area contributed by atoms with Gasteiger partial charge in [0.2, 0.25) is 0 Å². The summed E-state index contributed by atoms with van der Waals surface area (Å²) in [5.74, 6) is -1.45. The molecule has 158 valence electrons. The molecular formula is C23H25FN2O4. The zero-order chi connectivity index (χ0) is 21.8. The molecule has 2 unspecified atom stereocenters. The number of benzene rings is 1. The molecule has 7 heteroatoms. The van der Waals surface area contributed by atoms with Gasteiger partial charge in [0.1, 0.15) is 11.5 Å².